The molecule has 1 aromatic heterocycles. The number of nitrogens with one attached hydrogen (secondary N) is 1. The third-order valence-corrected chi connectivity index (χ3v) is 6.37. The number of pyridine rings is 1. The lowest BCUT2D eigenvalue weighted by atomic mass is 9.80. The fourth-order valence-electron chi connectivity index (χ4n) is 4.73. The molecule has 1 amide bonds. The Kier molecular flexibility index (Phi) is 4.19. The second-order valence-corrected chi connectivity index (χ2v) is 8.50. The van der Waals surface area contributed by atoms with Gasteiger partial charge in [-0.1, -0.05) is 38.1 Å². The zero-order valence-corrected chi connectivity index (χ0v) is 17.3. The first-order valence-corrected chi connectivity index (χ1v) is 10.3. The SMILES string of the molecule is CC(C)c1ccc2c(c1)OC1(O)C3=C(C(=O)C21NC(=O)c1ccncc1)C(N)CC=C3. The lowest BCUT2D eigenvalue weighted by Gasteiger charge is -2.35. The van der Waals surface area contributed by atoms with E-state index in [9.17, 15) is 14.7 Å². The van der Waals surface area contributed by atoms with E-state index >= 15 is 0 Å². The number of benzene rings is 1. The van der Waals surface area contributed by atoms with Gasteiger partial charge in [-0.05, 0) is 36.1 Å². The Hall–Kier alpha value is -3.29. The van der Waals surface area contributed by atoms with Crippen molar-refractivity contribution in [3.8, 4) is 5.75 Å². The third kappa shape index (κ3) is 2.50. The third-order valence-electron chi connectivity index (χ3n) is 6.37. The van der Waals surface area contributed by atoms with E-state index in [1.54, 1.807) is 30.4 Å². The second-order valence-electron chi connectivity index (χ2n) is 8.50. The number of hydrogen-bond donors (Lipinski definition) is 3. The van der Waals surface area contributed by atoms with Crippen LogP contribution in [0.2, 0.25) is 0 Å². The predicted molar refractivity (Wildman–Crippen MR) is 113 cm³/mol. The molecule has 2 aromatic rings. The van der Waals surface area contributed by atoms with Crippen LogP contribution in [-0.2, 0) is 10.3 Å². The first kappa shape index (κ1) is 19.7. The fraction of sp³-hybridized carbons (Fsp3) is 0.292. The maximum Gasteiger partial charge on any atom is 0.270 e. The van der Waals surface area contributed by atoms with E-state index in [0.717, 1.165) is 5.56 Å². The first-order valence-electron chi connectivity index (χ1n) is 10.3. The summed E-state index contributed by atoms with van der Waals surface area (Å²) < 4.78 is 6.08. The Bertz CT molecular complexity index is 1170. The number of carbonyl (C=O) groups excluding carboxylic acids is 2. The number of aliphatic hydroxyl groups is 1. The van der Waals surface area contributed by atoms with Crippen LogP contribution in [0.3, 0.4) is 0 Å². The highest BCUT2D eigenvalue weighted by Crippen LogP contribution is 2.57. The van der Waals surface area contributed by atoms with Gasteiger partial charge >= 0.3 is 0 Å². The van der Waals surface area contributed by atoms with Gasteiger partial charge in [0.25, 0.3) is 11.7 Å². The molecule has 7 heteroatoms. The molecule has 3 unspecified atom stereocenters. The van der Waals surface area contributed by atoms with Gasteiger partial charge in [-0.3, -0.25) is 14.6 Å². The van der Waals surface area contributed by atoms with Crippen molar-refractivity contribution in [1.29, 1.82) is 0 Å². The molecule has 1 aromatic carbocycles. The largest absolute Gasteiger partial charge is 0.454 e. The first-order chi connectivity index (χ1) is 14.8. The summed E-state index contributed by atoms with van der Waals surface area (Å²) in [5, 5.41) is 14.7. The Morgan fingerprint density at radius 3 is 2.74 bits per heavy atom. The summed E-state index contributed by atoms with van der Waals surface area (Å²) in [4.78, 5) is 31.0. The monoisotopic (exact) mass is 417 g/mol. The van der Waals surface area contributed by atoms with Gasteiger partial charge < -0.3 is 20.9 Å². The fourth-order valence-corrected chi connectivity index (χ4v) is 4.73. The van der Waals surface area contributed by atoms with Crippen molar-refractivity contribution >= 4 is 11.7 Å². The standard InChI is InChI=1S/C24H23N3O4/c1-13(2)15-6-7-16-19(12-15)31-24(30)17-4-3-5-18(25)20(17)21(28)23(16,24)27-22(29)14-8-10-26-11-9-14/h3-4,6-13,18,30H,5,25H2,1-2H3,(H,27,29). The van der Waals surface area contributed by atoms with Crippen molar-refractivity contribution in [3.63, 3.8) is 0 Å². The molecule has 2 heterocycles. The van der Waals surface area contributed by atoms with Crippen molar-refractivity contribution in [2.45, 2.75) is 43.6 Å². The van der Waals surface area contributed by atoms with Crippen LogP contribution in [0.15, 0.2) is 66.0 Å². The molecular weight excluding hydrogens is 394 g/mol. The quantitative estimate of drug-likeness (QED) is 0.705. The smallest absolute Gasteiger partial charge is 0.270 e. The van der Waals surface area contributed by atoms with Gasteiger partial charge in [0, 0.05) is 40.7 Å². The molecule has 0 saturated carbocycles. The molecule has 0 bridgehead atoms. The number of amides is 1. The van der Waals surface area contributed by atoms with E-state index in [1.165, 1.54) is 12.4 Å². The molecule has 0 spiro atoms. The van der Waals surface area contributed by atoms with Crippen LogP contribution >= 0.6 is 0 Å². The van der Waals surface area contributed by atoms with E-state index in [2.05, 4.69) is 10.3 Å². The van der Waals surface area contributed by atoms with Crippen molar-refractivity contribution in [1.82, 2.24) is 10.3 Å². The zero-order valence-electron chi connectivity index (χ0n) is 17.3. The van der Waals surface area contributed by atoms with Crippen LogP contribution in [0.25, 0.3) is 0 Å². The molecule has 158 valence electrons. The lowest BCUT2D eigenvalue weighted by Crippen LogP contribution is -2.63. The molecule has 0 saturated heterocycles. The summed E-state index contributed by atoms with van der Waals surface area (Å²) in [6.45, 7) is 4.09. The highest BCUT2D eigenvalue weighted by atomic mass is 16.6. The number of ether oxygens (including phenoxy) is 1. The van der Waals surface area contributed by atoms with Crippen molar-refractivity contribution < 1.29 is 19.4 Å². The molecule has 3 aliphatic rings. The topological polar surface area (TPSA) is 115 Å². The van der Waals surface area contributed by atoms with Gasteiger partial charge in [0.1, 0.15) is 5.75 Å². The van der Waals surface area contributed by atoms with Crippen LogP contribution in [-0.4, -0.2) is 33.6 Å². The van der Waals surface area contributed by atoms with E-state index < -0.39 is 29.1 Å². The maximum atomic E-state index is 13.9. The molecule has 3 atom stereocenters. The van der Waals surface area contributed by atoms with Crippen LogP contribution < -0.4 is 15.8 Å². The molecule has 4 N–H and O–H groups in total. The zero-order chi connectivity index (χ0) is 22.0. The van der Waals surface area contributed by atoms with Gasteiger partial charge in [-0.15, -0.1) is 0 Å². The molecule has 0 radical (unpaired) electrons. The molecule has 5 rings (SSSR count). The predicted octanol–water partition coefficient (Wildman–Crippen LogP) is 2.08. The molecule has 7 nitrogen and oxygen atoms in total. The number of ketones is 1. The average molecular weight is 417 g/mol. The minimum Gasteiger partial charge on any atom is -0.454 e. The minimum absolute atomic E-state index is 0.222. The Morgan fingerprint density at radius 2 is 2.03 bits per heavy atom. The summed E-state index contributed by atoms with van der Waals surface area (Å²) in [7, 11) is 0. The van der Waals surface area contributed by atoms with E-state index in [1.807, 2.05) is 26.0 Å². The number of fused-ring (bicyclic) bond motifs is 4. The lowest BCUT2D eigenvalue weighted by molar-refractivity contribution is -0.154. The summed E-state index contributed by atoms with van der Waals surface area (Å²) in [6.07, 6.45) is 6.93. The van der Waals surface area contributed by atoms with Gasteiger partial charge in [0.2, 0.25) is 5.54 Å². The Morgan fingerprint density at radius 1 is 1.29 bits per heavy atom. The minimum atomic E-state index is -2.09. The highest BCUT2D eigenvalue weighted by Gasteiger charge is 2.72. The summed E-state index contributed by atoms with van der Waals surface area (Å²) in [5.74, 6) is -2.46. The van der Waals surface area contributed by atoms with Crippen LogP contribution in [0, 0.1) is 0 Å². The number of Topliss-reactive ketones (excluding diaryl/α,β-unsaturated/α-hetero) is 1. The molecule has 0 fully saturated rings. The highest BCUT2D eigenvalue weighted by molar-refractivity contribution is 6.14. The molecule has 1 aliphatic heterocycles. The van der Waals surface area contributed by atoms with Crippen LogP contribution in [0.1, 0.15) is 47.7 Å². The Labute approximate surface area is 179 Å². The average Bonchev–Trinajstić information content (AvgIpc) is 3.12. The number of nitrogens with zero attached hydrogens (tertiary/aromatic N) is 1. The van der Waals surface area contributed by atoms with Gasteiger partial charge in [0.05, 0.1) is 0 Å². The van der Waals surface area contributed by atoms with Gasteiger partial charge in [0.15, 0.2) is 5.78 Å². The van der Waals surface area contributed by atoms with Gasteiger partial charge in [-0.2, -0.15) is 0 Å². The van der Waals surface area contributed by atoms with E-state index in [0.29, 0.717) is 34.4 Å². The molecule has 31 heavy (non-hydrogen) atoms. The van der Waals surface area contributed by atoms with Gasteiger partial charge in [-0.25, -0.2) is 0 Å². The Balaban J connectivity index is 1.71. The summed E-state index contributed by atoms with van der Waals surface area (Å²) in [6, 6.07) is 7.96. The van der Waals surface area contributed by atoms with Crippen molar-refractivity contribution in [2.75, 3.05) is 0 Å². The van der Waals surface area contributed by atoms with Crippen LogP contribution in [0.5, 0.6) is 5.75 Å². The second kappa shape index (κ2) is 6.60. The number of carbonyl (C=O) groups is 2. The number of aromatic nitrogens is 1. The molecular formula is C24H23N3O4. The van der Waals surface area contributed by atoms with Crippen LogP contribution in [0.4, 0.5) is 0 Å². The summed E-state index contributed by atoms with van der Waals surface area (Å²) in [5.41, 5.74) is 6.74. The number of nitrogens with two attached hydrogens (primary N) is 1. The molecule has 2 aliphatic carbocycles. The van der Waals surface area contributed by atoms with Crippen molar-refractivity contribution in [3.05, 3.63) is 82.7 Å². The normalized spacial score (nSPS) is 28.3. The van der Waals surface area contributed by atoms with E-state index in [4.69, 9.17) is 10.5 Å². The number of rotatable bonds is 3. The van der Waals surface area contributed by atoms with E-state index in [-0.39, 0.29) is 5.92 Å². The summed E-state index contributed by atoms with van der Waals surface area (Å²) >= 11 is 0. The number of hydrogen-bond acceptors (Lipinski definition) is 6. The maximum absolute atomic E-state index is 13.9. The van der Waals surface area contributed by atoms with Crippen molar-refractivity contribution in [2.24, 2.45) is 5.73 Å².